The highest BCUT2D eigenvalue weighted by molar-refractivity contribution is 5.91. The fourth-order valence-electron chi connectivity index (χ4n) is 4.14. The Morgan fingerprint density at radius 3 is 2.82 bits per heavy atom. The van der Waals surface area contributed by atoms with E-state index in [1.807, 2.05) is 49.4 Å². The smallest absolute Gasteiger partial charge is 0.167 e. The molecule has 166 valence electrons. The predicted octanol–water partition coefficient (Wildman–Crippen LogP) is 4.77. The van der Waals surface area contributed by atoms with Gasteiger partial charge >= 0.3 is 0 Å². The Bertz CT molecular complexity index is 1360. The summed E-state index contributed by atoms with van der Waals surface area (Å²) in [4.78, 5) is 13.1. The third kappa shape index (κ3) is 4.54. The molecule has 1 aliphatic heterocycles. The molecule has 4 heterocycles. The van der Waals surface area contributed by atoms with Crippen molar-refractivity contribution < 1.29 is 4.39 Å². The zero-order valence-corrected chi connectivity index (χ0v) is 18.4. The summed E-state index contributed by atoms with van der Waals surface area (Å²) in [7, 11) is 0. The van der Waals surface area contributed by atoms with Gasteiger partial charge in [-0.3, -0.25) is 4.98 Å². The van der Waals surface area contributed by atoms with Crippen LogP contribution in [0, 0.1) is 12.7 Å². The molecular weight excluding hydrogens is 415 g/mol. The number of nitrogens with one attached hydrogen (secondary N) is 2. The molecule has 0 radical (unpaired) electrons. The van der Waals surface area contributed by atoms with E-state index in [9.17, 15) is 4.39 Å². The second-order valence-electron chi connectivity index (χ2n) is 8.26. The Kier molecular flexibility index (Phi) is 5.71. The lowest BCUT2D eigenvalue weighted by Crippen LogP contribution is -2.20. The summed E-state index contributed by atoms with van der Waals surface area (Å²) in [6, 6.07) is 13.7. The van der Waals surface area contributed by atoms with Gasteiger partial charge in [-0.25, -0.2) is 14.4 Å². The number of hydrogen-bond acceptors (Lipinski definition) is 6. The highest BCUT2D eigenvalue weighted by atomic mass is 19.1. The fourth-order valence-corrected chi connectivity index (χ4v) is 4.14. The van der Waals surface area contributed by atoms with Crippen LogP contribution >= 0.6 is 0 Å². The molecule has 0 amide bonds. The third-order valence-electron chi connectivity index (χ3n) is 5.91. The highest BCUT2D eigenvalue weighted by Crippen LogP contribution is 2.30. The van der Waals surface area contributed by atoms with Gasteiger partial charge in [0, 0.05) is 18.4 Å². The number of benzene rings is 1. The normalized spacial score (nSPS) is 13.7. The minimum Gasteiger partial charge on any atom is -0.384 e. The molecule has 1 aromatic carbocycles. The van der Waals surface area contributed by atoms with Crippen molar-refractivity contribution in [3.63, 3.8) is 0 Å². The van der Waals surface area contributed by atoms with E-state index in [1.54, 1.807) is 6.20 Å². The van der Waals surface area contributed by atoms with Crippen molar-refractivity contribution >= 4 is 33.8 Å². The number of nitrogens with zero attached hydrogens (tertiary/aromatic N) is 3. The number of pyridine rings is 3. The topological polar surface area (TPSA) is 88.8 Å². The maximum Gasteiger partial charge on any atom is 0.167 e. The van der Waals surface area contributed by atoms with Crippen molar-refractivity contribution in [2.75, 3.05) is 24.1 Å². The molecule has 0 spiro atoms. The number of nitrogen functional groups attached to an aromatic ring is 1. The summed E-state index contributed by atoms with van der Waals surface area (Å²) in [5, 5.41) is 6.55. The average Bonchev–Trinajstić information content (AvgIpc) is 2.83. The molecule has 7 heteroatoms. The number of hydrogen-bond donors (Lipinski definition) is 3. The van der Waals surface area contributed by atoms with Crippen molar-refractivity contribution in [3.8, 4) is 0 Å². The average molecular weight is 441 g/mol. The zero-order valence-electron chi connectivity index (χ0n) is 18.4. The van der Waals surface area contributed by atoms with Crippen LogP contribution in [0.3, 0.4) is 0 Å². The van der Waals surface area contributed by atoms with E-state index in [1.165, 1.54) is 17.3 Å². The summed E-state index contributed by atoms with van der Waals surface area (Å²) in [6.45, 7) is 3.78. The molecular formula is C26H25FN6. The van der Waals surface area contributed by atoms with Crippen molar-refractivity contribution in [3.05, 3.63) is 89.1 Å². The number of aryl methyl sites for hydroxylation is 1. The molecule has 0 bridgehead atoms. The van der Waals surface area contributed by atoms with Crippen LogP contribution in [0.1, 0.15) is 28.8 Å². The van der Waals surface area contributed by atoms with Gasteiger partial charge in [0.05, 0.1) is 17.4 Å². The molecule has 6 nitrogen and oxygen atoms in total. The van der Waals surface area contributed by atoms with Gasteiger partial charge in [-0.1, -0.05) is 12.1 Å². The predicted molar refractivity (Wildman–Crippen MR) is 131 cm³/mol. The molecule has 4 aromatic rings. The fraction of sp³-hybridized carbons (Fsp3) is 0.192. The molecule has 0 saturated heterocycles. The van der Waals surface area contributed by atoms with Gasteiger partial charge in [-0.15, -0.1) is 0 Å². The van der Waals surface area contributed by atoms with Crippen LogP contribution in [0.25, 0.3) is 16.6 Å². The van der Waals surface area contributed by atoms with E-state index >= 15 is 0 Å². The van der Waals surface area contributed by atoms with E-state index < -0.39 is 5.82 Å². The van der Waals surface area contributed by atoms with Crippen LogP contribution in [0.2, 0.25) is 0 Å². The van der Waals surface area contributed by atoms with Crippen LogP contribution in [0.4, 0.5) is 21.6 Å². The van der Waals surface area contributed by atoms with Gasteiger partial charge in [0.25, 0.3) is 0 Å². The van der Waals surface area contributed by atoms with Gasteiger partial charge in [0.15, 0.2) is 5.82 Å². The molecule has 5 rings (SSSR count). The minimum atomic E-state index is -0.430. The summed E-state index contributed by atoms with van der Waals surface area (Å²) in [5.41, 5.74) is 13.5. The summed E-state index contributed by atoms with van der Waals surface area (Å²) >= 11 is 0. The Balaban J connectivity index is 1.46. The van der Waals surface area contributed by atoms with E-state index in [-0.39, 0.29) is 0 Å². The maximum absolute atomic E-state index is 14.9. The second kappa shape index (κ2) is 8.96. The maximum atomic E-state index is 14.9. The van der Waals surface area contributed by atoms with Crippen molar-refractivity contribution in [2.45, 2.75) is 19.8 Å². The Morgan fingerprint density at radius 2 is 2.03 bits per heavy atom. The molecule has 0 aliphatic carbocycles. The lowest BCUT2D eigenvalue weighted by atomic mass is 10.0. The Labute approximate surface area is 191 Å². The zero-order chi connectivity index (χ0) is 22.8. The van der Waals surface area contributed by atoms with Crippen LogP contribution in [0.5, 0.6) is 0 Å². The van der Waals surface area contributed by atoms with Gasteiger partial charge in [0.2, 0.25) is 0 Å². The van der Waals surface area contributed by atoms with Crippen molar-refractivity contribution in [1.82, 2.24) is 20.3 Å². The third-order valence-corrected chi connectivity index (χ3v) is 5.91. The molecule has 33 heavy (non-hydrogen) atoms. The number of aromatic nitrogens is 3. The molecule has 0 atom stereocenters. The van der Waals surface area contributed by atoms with Gasteiger partial charge < -0.3 is 16.4 Å². The number of halogens is 1. The highest BCUT2D eigenvalue weighted by Gasteiger charge is 2.14. The minimum absolute atomic E-state index is 0.338. The molecule has 4 N–H and O–H groups in total. The van der Waals surface area contributed by atoms with Gasteiger partial charge in [-0.2, -0.15) is 0 Å². The molecule has 1 aliphatic rings. The van der Waals surface area contributed by atoms with Crippen molar-refractivity contribution in [2.24, 2.45) is 0 Å². The first-order valence-electron chi connectivity index (χ1n) is 11.0. The van der Waals surface area contributed by atoms with Crippen LogP contribution in [-0.4, -0.2) is 28.0 Å². The summed E-state index contributed by atoms with van der Waals surface area (Å²) in [5.74, 6) is 0.0797. The van der Waals surface area contributed by atoms with E-state index in [0.29, 0.717) is 22.5 Å². The van der Waals surface area contributed by atoms with Gasteiger partial charge in [0.1, 0.15) is 17.0 Å². The van der Waals surface area contributed by atoms with E-state index in [2.05, 4.69) is 26.7 Å². The number of nitrogens with two attached hydrogens (primary N) is 1. The monoisotopic (exact) mass is 440 g/mol. The van der Waals surface area contributed by atoms with E-state index in [4.69, 9.17) is 10.7 Å². The SMILES string of the molecule is Cc1cc(Nc2c(F)cnc3ccc(C4=CCNCC4)nc23)ccc1Cc1ccnc(N)c1. The lowest BCUT2D eigenvalue weighted by Gasteiger charge is -2.16. The first-order chi connectivity index (χ1) is 16.1. The summed E-state index contributed by atoms with van der Waals surface area (Å²) < 4.78 is 14.9. The molecule has 0 saturated carbocycles. The number of fused-ring (bicyclic) bond motifs is 1. The van der Waals surface area contributed by atoms with Crippen molar-refractivity contribution in [1.29, 1.82) is 0 Å². The second-order valence-corrected chi connectivity index (χ2v) is 8.26. The number of rotatable bonds is 5. The number of anilines is 3. The Hall–Kier alpha value is -3.84. The first kappa shape index (κ1) is 21.0. The Morgan fingerprint density at radius 1 is 1.12 bits per heavy atom. The van der Waals surface area contributed by atoms with Crippen LogP contribution < -0.4 is 16.4 Å². The lowest BCUT2D eigenvalue weighted by molar-refractivity contribution is 0.628. The largest absolute Gasteiger partial charge is 0.384 e. The quantitative estimate of drug-likeness (QED) is 0.414. The summed E-state index contributed by atoms with van der Waals surface area (Å²) in [6.07, 6.45) is 6.74. The van der Waals surface area contributed by atoms with Crippen LogP contribution in [-0.2, 0) is 6.42 Å². The standard InChI is InChI=1S/C26H25FN6/c1-16-12-20(3-2-19(16)13-17-6-11-30-24(28)14-17)32-25-21(27)15-31-23-5-4-22(33-26(23)25)18-7-9-29-10-8-18/h2-7,11-12,14-15,29H,8-10,13H2,1H3,(H2,28,30)(H,31,32). The van der Waals surface area contributed by atoms with Crippen LogP contribution in [0.15, 0.2) is 60.9 Å². The first-order valence-corrected chi connectivity index (χ1v) is 11.0. The molecule has 0 unspecified atom stereocenters. The molecule has 3 aromatic heterocycles. The van der Waals surface area contributed by atoms with E-state index in [0.717, 1.165) is 48.4 Å². The van der Waals surface area contributed by atoms with Gasteiger partial charge in [-0.05, 0) is 85.0 Å². The molecule has 0 fully saturated rings.